The van der Waals surface area contributed by atoms with Crippen LogP contribution in [0.5, 0.6) is 0 Å². The molecule has 84 valence electrons. The molecule has 0 aromatic heterocycles. The van der Waals surface area contributed by atoms with Gasteiger partial charge in [-0.05, 0) is 13.8 Å². The van der Waals surface area contributed by atoms with Crippen molar-refractivity contribution in [3.8, 4) is 0 Å². The maximum atomic E-state index is 5.52. The number of morpholine rings is 1. The van der Waals surface area contributed by atoms with Crippen molar-refractivity contribution in [1.29, 1.82) is 0 Å². The van der Waals surface area contributed by atoms with Gasteiger partial charge in [0.2, 0.25) is 0 Å². The molecule has 0 radical (unpaired) electrons. The van der Waals surface area contributed by atoms with Gasteiger partial charge in [0, 0.05) is 31.7 Å². The van der Waals surface area contributed by atoms with E-state index in [0.717, 1.165) is 26.2 Å². The van der Waals surface area contributed by atoms with Gasteiger partial charge in [-0.1, -0.05) is 13.8 Å². The lowest BCUT2D eigenvalue weighted by atomic mass is 10.2. The van der Waals surface area contributed by atoms with E-state index in [1.54, 1.807) is 0 Å². The van der Waals surface area contributed by atoms with Crippen molar-refractivity contribution in [2.45, 2.75) is 45.9 Å². The highest BCUT2D eigenvalue weighted by Crippen LogP contribution is 2.07. The summed E-state index contributed by atoms with van der Waals surface area (Å²) in [5.74, 6) is 0. The van der Waals surface area contributed by atoms with Crippen molar-refractivity contribution >= 4 is 0 Å². The SMILES string of the molecule is CC(C)NCC(C)N1CCOC(C)C1. The minimum Gasteiger partial charge on any atom is -0.376 e. The van der Waals surface area contributed by atoms with Gasteiger partial charge in [0.1, 0.15) is 0 Å². The Bertz CT molecular complexity index is 161. The minimum absolute atomic E-state index is 0.394. The molecule has 1 heterocycles. The van der Waals surface area contributed by atoms with E-state index in [2.05, 4.69) is 37.9 Å². The molecule has 0 aromatic rings. The zero-order valence-electron chi connectivity index (χ0n) is 9.92. The second-order valence-corrected chi connectivity index (χ2v) is 4.59. The average Bonchev–Trinajstić information content (AvgIpc) is 2.14. The molecule has 1 fully saturated rings. The van der Waals surface area contributed by atoms with Crippen LogP contribution in [-0.4, -0.2) is 49.3 Å². The lowest BCUT2D eigenvalue weighted by Crippen LogP contribution is -2.49. The Morgan fingerprint density at radius 2 is 2.14 bits per heavy atom. The number of hydrogen-bond acceptors (Lipinski definition) is 3. The molecule has 3 heteroatoms. The monoisotopic (exact) mass is 200 g/mol. The highest BCUT2D eigenvalue weighted by molar-refractivity contribution is 4.75. The fourth-order valence-electron chi connectivity index (χ4n) is 1.78. The van der Waals surface area contributed by atoms with E-state index < -0.39 is 0 Å². The third-order valence-electron chi connectivity index (χ3n) is 2.72. The van der Waals surface area contributed by atoms with E-state index >= 15 is 0 Å². The molecule has 1 saturated heterocycles. The van der Waals surface area contributed by atoms with Crippen LogP contribution in [0.2, 0.25) is 0 Å². The number of nitrogens with zero attached hydrogens (tertiary/aromatic N) is 1. The molecule has 0 amide bonds. The van der Waals surface area contributed by atoms with Gasteiger partial charge < -0.3 is 10.1 Å². The Hall–Kier alpha value is -0.120. The molecule has 0 aliphatic carbocycles. The molecular weight excluding hydrogens is 176 g/mol. The maximum absolute atomic E-state index is 5.52. The van der Waals surface area contributed by atoms with E-state index in [-0.39, 0.29) is 0 Å². The van der Waals surface area contributed by atoms with E-state index in [1.165, 1.54) is 0 Å². The molecular formula is C11H24N2O. The van der Waals surface area contributed by atoms with Crippen LogP contribution < -0.4 is 5.32 Å². The summed E-state index contributed by atoms with van der Waals surface area (Å²) in [4.78, 5) is 2.50. The Balaban J connectivity index is 2.25. The number of hydrogen-bond donors (Lipinski definition) is 1. The summed E-state index contributed by atoms with van der Waals surface area (Å²) in [6, 6.07) is 1.19. The lowest BCUT2D eigenvalue weighted by molar-refractivity contribution is -0.0313. The summed E-state index contributed by atoms with van der Waals surface area (Å²) in [6.45, 7) is 12.9. The van der Waals surface area contributed by atoms with Gasteiger partial charge >= 0.3 is 0 Å². The zero-order valence-corrected chi connectivity index (χ0v) is 9.92. The topological polar surface area (TPSA) is 24.5 Å². The van der Waals surface area contributed by atoms with Gasteiger partial charge in [0.15, 0.2) is 0 Å². The summed E-state index contributed by atoms with van der Waals surface area (Å²) < 4.78 is 5.52. The van der Waals surface area contributed by atoms with Gasteiger partial charge in [-0.3, -0.25) is 4.90 Å². The molecule has 0 saturated carbocycles. The van der Waals surface area contributed by atoms with Crippen LogP contribution >= 0.6 is 0 Å². The van der Waals surface area contributed by atoms with Gasteiger partial charge in [0.05, 0.1) is 12.7 Å². The van der Waals surface area contributed by atoms with Crippen LogP contribution in [-0.2, 0) is 4.74 Å². The van der Waals surface area contributed by atoms with Crippen LogP contribution in [0.15, 0.2) is 0 Å². The van der Waals surface area contributed by atoms with E-state index in [1.807, 2.05) is 0 Å². The Labute approximate surface area is 87.8 Å². The Kier molecular flexibility index (Phi) is 4.85. The standard InChI is InChI=1S/C11H24N2O/c1-9(2)12-7-10(3)13-5-6-14-11(4)8-13/h9-12H,5-8H2,1-4H3. The van der Waals surface area contributed by atoms with E-state index in [9.17, 15) is 0 Å². The van der Waals surface area contributed by atoms with Crippen LogP contribution in [0, 0.1) is 0 Å². The third-order valence-corrected chi connectivity index (χ3v) is 2.72. The quantitative estimate of drug-likeness (QED) is 0.735. The molecule has 3 nitrogen and oxygen atoms in total. The van der Waals surface area contributed by atoms with Gasteiger partial charge in [-0.25, -0.2) is 0 Å². The van der Waals surface area contributed by atoms with Crippen molar-refractivity contribution < 1.29 is 4.74 Å². The Morgan fingerprint density at radius 1 is 1.43 bits per heavy atom. The fourth-order valence-corrected chi connectivity index (χ4v) is 1.78. The normalized spacial score (nSPS) is 26.8. The highest BCUT2D eigenvalue weighted by Gasteiger charge is 2.20. The summed E-state index contributed by atoms with van der Waals surface area (Å²) in [6.07, 6.45) is 0.394. The largest absolute Gasteiger partial charge is 0.376 e. The molecule has 14 heavy (non-hydrogen) atoms. The van der Waals surface area contributed by atoms with Crippen molar-refractivity contribution in [2.24, 2.45) is 0 Å². The smallest absolute Gasteiger partial charge is 0.0674 e. The van der Waals surface area contributed by atoms with Crippen LogP contribution in [0.3, 0.4) is 0 Å². The number of rotatable bonds is 4. The first-order valence-corrected chi connectivity index (χ1v) is 5.68. The summed E-state index contributed by atoms with van der Waals surface area (Å²) in [7, 11) is 0. The van der Waals surface area contributed by atoms with Gasteiger partial charge in [-0.2, -0.15) is 0 Å². The fraction of sp³-hybridized carbons (Fsp3) is 1.00. The summed E-state index contributed by atoms with van der Waals surface area (Å²) in [5.41, 5.74) is 0. The maximum Gasteiger partial charge on any atom is 0.0674 e. The third kappa shape index (κ3) is 3.95. The second kappa shape index (κ2) is 5.69. The molecule has 0 bridgehead atoms. The first kappa shape index (κ1) is 12.0. The van der Waals surface area contributed by atoms with Crippen molar-refractivity contribution in [3.63, 3.8) is 0 Å². The van der Waals surface area contributed by atoms with Crippen molar-refractivity contribution in [2.75, 3.05) is 26.2 Å². The van der Waals surface area contributed by atoms with E-state index in [4.69, 9.17) is 4.74 Å². The first-order valence-electron chi connectivity index (χ1n) is 5.68. The summed E-state index contributed by atoms with van der Waals surface area (Å²) >= 11 is 0. The molecule has 1 aliphatic heterocycles. The molecule has 2 atom stereocenters. The zero-order chi connectivity index (χ0) is 10.6. The minimum atomic E-state index is 0.394. The van der Waals surface area contributed by atoms with Crippen molar-refractivity contribution in [3.05, 3.63) is 0 Å². The summed E-state index contributed by atoms with van der Waals surface area (Å²) in [5, 5.41) is 3.47. The molecule has 1 rings (SSSR count). The average molecular weight is 200 g/mol. The van der Waals surface area contributed by atoms with Gasteiger partial charge in [0.25, 0.3) is 0 Å². The molecule has 0 aromatic carbocycles. The van der Waals surface area contributed by atoms with Crippen LogP contribution in [0.4, 0.5) is 0 Å². The van der Waals surface area contributed by atoms with Crippen LogP contribution in [0.25, 0.3) is 0 Å². The van der Waals surface area contributed by atoms with Crippen molar-refractivity contribution in [1.82, 2.24) is 10.2 Å². The lowest BCUT2D eigenvalue weighted by Gasteiger charge is -2.36. The van der Waals surface area contributed by atoms with Gasteiger partial charge in [-0.15, -0.1) is 0 Å². The predicted molar refractivity (Wildman–Crippen MR) is 59.6 cm³/mol. The van der Waals surface area contributed by atoms with Crippen LogP contribution in [0.1, 0.15) is 27.7 Å². The highest BCUT2D eigenvalue weighted by atomic mass is 16.5. The molecule has 2 unspecified atom stereocenters. The van der Waals surface area contributed by atoms with E-state index in [0.29, 0.717) is 18.2 Å². The number of ether oxygens (including phenoxy) is 1. The molecule has 0 spiro atoms. The second-order valence-electron chi connectivity index (χ2n) is 4.59. The number of nitrogens with one attached hydrogen (secondary N) is 1. The first-order chi connectivity index (χ1) is 6.59. The Morgan fingerprint density at radius 3 is 2.71 bits per heavy atom. The molecule has 1 aliphatic rings. The predicted octanol–water partition coefficient (Wildman–Crippen LogP) is 1.09. The molecule has 1 N–H and O–H groups in total.